The number of piperidine rings is 2. The number of guanidine groups is 1. The van der Waals surface area contributed by atoms with Gasteiger partial charge in [-0.25, -0.2) is 4.98 Å². The Kier molecular flexibility index (Phi) is 7.54. The van der Waals surface area contributed by atoms with Crippen LogP contribution in [0.2, 0.25) is 0 Å². The molecule has 0 atom stereocenters. The predicted octanol–water partition coefficient (Wildman–Crippen LogP) is 2.86. The molecular formula is C22H38N6. The lowest BCUT2D eigenvalue weighted by Gasteiger charge is -2.35. The van der Waals surface area contributed by atoms with Gasteiger partial charge in [-0.15, -0.1) is 0 Å². The smallest absolute Gasteiger partial charge is 0.191 e. The first-order valence-electron chi connectivity index (χ1n) is 11.0. The van der Waals surface area contributed by atoms with Crippen LogP contribution in [0, 0.1) is 5.92 Å². The molecule has 0 unspecified atom stereocenters. The first kappa shape index (κ1) is 20.9. The van der Waals surface area contributed by atoms with E-state index in [1.165, 1.54) is 31.2 Å². The summed E-state index contributed by atoms with van der Waals surface area (Å²) in [5.74, 6) is 2.84. The molecule has 3 heterocycles. The fourth-order valence-corrected chi connectivity index (χ4v) is 4.08. The van der Waals surface area contributed by atoms with Crippen LogP contribution in [0.4, 0.5) is 5.82 Å². The number of aromatic nitrogens is 1. The molecule has 0 aromatic carbocycles. The standard InChI is InChI=1S/C22H38N6/c1-17(2)27-13-9-20(10-14-27)26-22(23-4)25-16-19-5-6-21(24-15-19)28-11-7-18(3)8-12-28/h5-6,15,17-18,20H,7-14,16H2,1-4H3,(H2,23,25,26). The Labute approximate surface area is 170 Å². The van der Waals surface area contributed by atoms with E-state index in [4.69, 9.17) is 4.98 Å². The van der Waals surface area contributed by atoms with Crippen molar-refractivity contribution in [2.75, 3.05) is 38.1 Å². The molecule has 0 radical (unpaired) electrons. The Morgan fingerprint density at radius 3 is 2.43 bits per heavy atom. The third kappa shape index (κ3) is 5.84. The zero-order valence-electron chi connectivity index (χ0n) is 18.1. The van der Waals surface area contributed by atoms with E-state index < -0.39 is 0 Å². The highest BCUT2D eigenvalue weighted by atomic mass is 15.2. The maximum absolute atomic E-state index is 4.69. The second-order valence-electron chi connectivity index (χ2n) is 8.67. The summed E-state index contributed by atoms with van der Waals surface area (Å²) in [6.45, 7) is 12.2. The molecule has 0 spiro atoms. The molecule has 2 N–H and O–H groups in total. The van der Waals surface area contributed by atoms with Crippen LogP contribution in [-0.2, 0) is 6.54 Å². The Balaban J connectivity index is 1.44. The van der Waals surface area contributed by atoms with Gasteiger partial charge in [-0.05, 0) is 57.1 Å². The topological polar surface area (TPSA) is 55.8 Å². The summed E-state index contributed by atoms with van der Waals surface area (Å²) < 4.78 is 0. The Hall–Kier alpha value is -1.82. The molecule has 28 heavy (non-hydrogen) atoms. The summed E-state index contributed by atoms with van der Waals surface area (Å²) >= 11 is 0. The Morgan fingerprint density at radius 1 is 1.14 bits per heavy atom. The largest absolute Gasteiger partial charge is 0.357 e. The summed E-state index contributed by atoms with van der Waals surface area (Å²) in [6.07, 6.45) is 6.87. The number of nitrogens with zero attached hydrogens (tertiary/aromatic N) is 4. The molecule has 2 fully saturated rings. The van der Waals surface area contributed by atoms with Gasteiger partial charge in [0.25, 0.3) is 0 Å². The van der Waals surface area contributed by atoms with Gasteiger partial charge in [0, 0.05) is 58.1 Å². The summed E-state index contributed by atoms with van der Waals surface area (Å²) in [4.78, 5) is 14.0. The van der Waals surface area contributed by atoms with Crippen molar-refractivity contribution in [2.45, 2.75) is 65.1 Å². The fraction of sp³-hybridized carbons (Fsp3) is 0.727. The lowest BCUT2D eigenvalue weighted by Crippen LogP contribution is -2.49. The lowest BCUT2D eigenvalue weighted by molar-refractivity contribution is 0.167. The highest BCUT2D eigenvalue weighted by Gasteiger charge is 2.21. The second kappa shape index (κ2) is 10.1. The van der Waals surface area contributed by atoms with Gasteiger partial charge in [0.05, 0.1) is 0 Å². The molecule has 6 nitrogen and oxygen atoms in total. The molecule has 2 aliphatic rings. The average Bonchev–Trinajstić information content (AvgIpc) is 2.72. The van der Waals surface area contributed by atoms with Crippen molar-refractivity contribution in [3.05, 3.63) is 23.9 Å². The molecule has 1 aromatic heterocycles. The minimum Gasteiger partial charge on any atom is -0.357 e. The van der Waals surface area contributed by atoms with Gasteiger partial charge in [0.15, 0.2) is 5.96 Å². The van der Waals surface area contributed by atoms with E-state index in [0.29, 0.717) is 12.1 Å². The van der Waals surface area contributed by atoms with Gasteiger partial charge in [0.2, 0.25) is 0 Å². The number of pyridine rings is 1. The van der Waals surface area contributed by atoms with Crippen LogP contribution >= 0.6 is 0 Å². The minimum absolute atomic E-state index is 0.503. The van der Waals surface area contributed by atoms with Crippen molar-refractivity contribution in [2.24, 2.45) is 10.9 Å². The van der Waals surface area contributed by atoms with E-state index in [1.807, 2.05) is 13.2 Å². The van der Waals surface area contributed by atoms with Crippen LogP contribution < -0.4 is 15.5 Å². The van der Waals surface area contributed by atoms with E-state index >= 15 is 0 Å². The molecule has 3 rings (SSSR count). The molecule has 1 aromatic rings. The van der Waals surface area contributed by atoms with Gasteiger partial charge < -0.3 is 20.4 Å². The summed E-state index contributed by atoms with van der Waals surface area (Å²) in [5, 5.41) is 7.03. The normalized spacial score (nSPS) is 20.6. The van der Waals surface area contributed by atoms with Gasteiger partial charge in [0.1, 0.15) is 5.82 Å². The zero-order valence-corrected chi connectivity index (χ0v) is 18.1. The lowest BCUT2D eigenvalue weighted by atomic mass is 9.99. The summed E-state index contributed by atoms with van der Waals surface area (Å²) in [6, 6.07) is 5.48. The predicted molar refractivity (Wildman–Crippen MR) is 118 cm³/mol. The van der Waals surface area contributed by atoms with Crippen LogP contribution in [0.25, 0.3) is 0 Å². The van der Waals surface area contributed by atoms with Gasteiger partial charge >= 0.3 is 0 Å². The average molecular weight is 387 g/mol. The number of hydrogen-bond acceptors (Lipinski definition) is 4. The zero-order chi connectivity index (χ0) is 19.9. The van der Waals surface area contributed by atoms with Crippen LogP contribution in [0.15, 0.2) is 23.3 Å². The van der Waals surface area contributed by atoms with Crippen molar-refractivity contribution in [3.63, 3.8) is 0 Å². The van der Waals surface area contributed by atoms with Crippen LogP contribution in [0.3, 0.4) is 0 Å². The maximum Gasteiger partial charge on any atom is 0.191 e. The molecule has 156 valence electrons. The SMILES string of the molecule is CN=C(NCc1ccc(N2CCC(C)CC2)nc1)NC1CCN(C(C)C)CC1. The van der Waals surface area contributed by atoms with E-state index in [9.17, 15) is 0 Å². The van der Waals surface area contributed by atoms with Crippen molar-refractivity contribution in [1.29, 1.82) is 0 Å². The van der Waals surface area contributed by atoms with Crippen LogP contribution in [0.5, 0.6) is 0 Å². The highest BCUT2D eigenvalue weighted by Crippen LogP contribution is 2.21. The highest BCUT2D eigenvalue weighted by molar-refractivity contribution is 5.79. The number of anilines is 1. The van der Waals surface area contributed by atoms with Gasteiger partial charge in [-0.3, -0.25) is 4.99 Å². The Morgan fingerprint density at radius 2 is 1.86 bits per heavy atom. The van der Waals surface area contributed by atoms with Crippen molar-refractivity contribution in [3.8, 4) is 0 Å². The molecule has 0 bridgehead atoms. The van der Waals surface area contributed by atoms with E-state index in [1.54, 1.807) is 0 Å². The number of likely N-dealkylation sites (tertiary alicyclic amines) is 1. The quantitative estimate of drug-likeness (QED) is 0.602. The first-order chi connectivity index (χ1) is 13.5. The number of aliphatic imine (C=N–C) groups is 1. The molecule has 2 saturated heterocycles. The summed E-state index contributed by atoms with van der Waals surface area (Å²) in [7, 11) is 1.84. The van der Waals surface area contributed by atoms with E-state index in [0.717, 1.165) is 50.4 Å². The molecule has 6 heteroatoms. The van der Waals surface area contributed by atoms with Gasteiger partial charge in [-0.1, -0.05) is 13.0 Å². The third-order valence-corrected chi connectivity index (χ3v) is 6.20. The third-order valence-electron chi connectivity index (χ3n) is 6.20. The Bertz CT molecular complexity index is 610. The van der Waals surface area contributed by atoms with E-state index in [2.05, 4.69) is 58.3 Å². The molecule has 0 saturated carbocycles. The fourth-order valence-electron chi connectivity index (χ4n) is 4.08. The van der Waals surface area contributed by atoms with Gasteiger partial charge in [-0.2, -0.15) is 0 Å². The number of hydrogen-bond donors (Lipinski definition) is 2. The van der Waals surface area contributed by atoms with Crippen molar-refractivity contribution >= 4 is 11.8 Å². The van der Waals surface area contributed by atoms with Crippen molar-refractivity contribution in [1.82, 2.24) is 20.5 Å². The number of rotatable bonds is 5. The molecule has 0 amide bonds. The minimum atomic E-state index is 0.503. The van der Waals surface area contributed by atoms with E-state index in [-0.39, 0.29) is 0 Å². The maximum atomic E-state index is 4.69. The van der Waals surface area contributed by atoms with Crippen LogP contribution in [0.1, 0.15) is 52.0 Å². The molecule has 2 aliphatic heterocycles. The monoisotopic (exact) mass is 386 g/mol. The summed E-state index contributed by atoms with van der Waals surface area (Å²) in [5.41, 5.74) is 1.19. The second-order valence-corrected chi connectivity index (χ2v) is 8.67. The molecule has 0 aliphatic carbocycles. The molecular weight excluding hydrogens is 348 g/mol. The first-order valence-corrected chi connectivity index (χ1v) is 11.0. The van der Waals surface area contributed by atoms with Crippen molar-refractivity contribution < 1.29 is 0 Å². The number of nitrogens with one attached hydrogen (secondary N) is 2. The van der Waals surface area contributed by atoms with Crippen LogP contribution in [-0.4, -0.2) is 61.2 Å².